The van der Waals surface area contributed by atoms with Crippen molar-refractivity contribution >= 4 is 5.69 Å². The average molecular weight is 271 g/mol. The summed E-state index contributed by atoms with van der Waals surface area (Å²) in [6, 6.07) is 2.84. The van der Waals surface area contributed by atoms with Crippen molar-refractivity contribution in [2.45, 2.75) is 33.6 Å². The zero-order valence-electron chi connectivity index (χ0n) is 12.2. The first-order chi connectivity index (χ1) is 9.09. The van der Waals surface area contributed by atoms with Gasteiger partial charge in [-0.2, -0.15) is 0 Å². The number of anilines is 1. The summed E-state index contributed by atoms with van der Waals surface area (Å²) in [5, 5.41) is 0. The zero-order chi connectivity index (χ0) is 14.4. The van der Waals surface area contributed by atoms with Gasteiger partial charge < -0.3 is 9.64 Å². The van der Waals surface area contributed by atoms with Gasteiger partial charge in [0.2, 0.25) is 0 Å². The van der Waals surface area contributed by atoms with Gasteiger partial charge in [0.05, 0.1) is 13.2 Å². The Kier molecular flexibility index (Phi) is 6.22. The molecule has 1 aliphatic rings. The Morgan fingerprint density at radius 2 is 1.53 bits per heavy atom. The lowest BCUT2D eigenvalue weighted by Gasteiger charge is -2.29. The Balaban J connectivity index is 0.000000861. The molecule has 4 heteroatoms. The largest absolute Gasteiger partial charge is 0.378 e. The SMILES string of the molecule is CC.CC(C)c1c(F)cc(N2CCOCC2)cc1F. The van der Waals surface area contributed by atoms with Crippen molar-refractivity contribution < 1.29 is 13.5 Å². The molecular weight excluding hydrogens is 248 g/mol. The molecule has 2 nitrogen and oxygen atoms in total. The van der Waals surface area contributed by atoms with Crippen LogP contribution in [0.5, 0.6) is 0 Å². The molecule has 0 atom stereocenters. The fourth-order valence-electron chi connectivity index (χ4n) is 2.13. The summed E-state index contributed by atoms with van der Waals surface area (Å²) in [5.41, 5.74) is 0.773. The molecule has 0 spiro atoms. The molecular formula is C15H23F2NO. The van der Waals surface area contributed by atoms with Gasteiger partial charge in [-0.15, -0.1) is 0 Å². The predicted octanol–water partition coefficient (Wildman–Crippen LogP) is 3.95. The van der Waals surface area contributed by atoms with Gasteiger partial charge in [-0.3, -0.25) is 0 Å². The summed E-state index contributed by atoms with van der Waals surface area (Å²) < 4.78 is 32.9. The van der Waals surface area contributed by atoms with Gasteiger partial charge in [-0.25, -0.2) is 8.78 Å². The van der Waals surface area contributed by atoms with Gasteiger partial charge in [0, 0.05) is 24.3 Å². The van der Waals surface area contributed by atoms with E-state index in [9.17, 15) is 8.78 Å². The average Bonchev–Trinajstić information content (AvgIpc) is 2.40. The van der Waals surface area contributed by atoms with Crippen molar-refractivity contribution in [2.75, 3.05) is 31.2 Å². The van der Waals surface area contributed by atoms with Crippen LogP contribution >= 0.6 is 0 Å². The fraction of sp³-hybridized carbons (Fsp3) is 0.600. The van der Waals surface area contributed by atoms with Gasteiger partial charge in [-0.05, 0) is 18.1 Å². The molecule has 1 saturated heterocycles. The van der Waals surface area contributed by atoms with Gasteiger partial charge in [0.25, 0.3) is 0 Å². The van der Waals surface area contributed by atoms with E-state index >= 15 is 0 Å². The molecule has 108 valence electrons. The number of benzene rings is 1. The summed E-state index contributed by atoms with van der Waals surface area (Å²) in [6.45, 7) is 10.1. The third-order valence-corrected chi connectivity index (χ3v) is 3.02. The maximum Gasteiger partial charge on any atom is 0.131 e. The molecule has 1 aromatic rings. The first kappa shape index (κ1) is 15.9. The quantitative estimate of drug-likeness (QED) is 0.807. The highest BCUT2D eigenvalue weighted by molar-refractivity contribution is 5.49. The first-order valence-electron chi connectivity index (χ1n) is 6.91. The first-order valence-corrected chi connectivity index (χ1v) is 6.91. The van der Waals surface area contributed by atoms with E-state index in [2.05, 4.69) is 0 Å². The number of rotatable bonds is 2. The van der Waals surface area contributed by atoms with Gasteiger partial charge in [-0.1, -0.05) is 27.7 Å². The van der Waals surface area contributed by atoms with E-state index < -0.39 is 11.6 Å². The number of morpholine rings is 1. The van der Waals surface area contributed by atoms with Crippen LogP contribution in [0.1, 0.15) is 39.2 Å². The number of nitrogens with zero attached hydrogens (tertiary/aromatic N) is 1. The fourth-order valence-corrected chi connectivity index (χ4v) is 2.13. The second kappa shape index (κ2) is 7.43. The van der Waals surface area contributed by atoms with Crippen molar-refractivity contribution in [1.29, 1.82) is 0 Å². The van der Waals surface area contributed by atoms with E-state index in [1.807, 2.05) is 18.7 Å². The summed E-state index contributed by atoms with van der Waals surface area (Å²) in [5.74, 6) is -1.06. The summed E-state index contributed by atoms with van der Waals surface area (Å²) in [4.78, 5) is 1.94. The van der Waals surface area contributed by atoms with E-state index in [1.165, 1.54) is 12.1 Å². The molecule has 0 N–H and O–H groups in total. The van der Waals surface area contributed by atoms with Crippen LogP contribution in [-0.4, -0.2) is 26.3 Å². The lowest BCUT2D eigenvalue weighted by Crippen LogP contribution is -2.36. The molecule has 0 saturated carbocycles. The van der Waals surface area contributed by atoms with Crippen molar-refractivity contribution in [3.05, 3.63) is 29.3 Å². The number of hydrogen-bond acceptors (Lipinski definition) is 2. The standard InChI is InChI=1S/C13H17F2NO.C2H6/c1-9(2)13-11(14)7-10(8-12(13)15)16-3-5-17-6-4-16;1-2/h7-9H,3-6H2,1-2H3;1-2H3. The highest BCUT2D eigenvalue weighted by Gasteiger charge is 2.18. The van der Waals surface area contributed by atoms with Crippen LogP contribution in [0.3, 0.4) is 0 Å². The van der Waals surface area contributed by atoms with E-state index in [4.69, 9.17) is 4.74 Å². The Labute approximate surface area is 114 Å². The maximum absolute atomic E-state index is 13.8. The Bertz CT molecular complexity index is 378. The van der Waals surface area contributed by atoms with Gasteiger partial charge in [0.1, 0.15) is 11.6 Å². The highest BCUT2D eigenvalue weighted by atomic mass is 19.1. The molecule has 1 aromatic carbocycles. The Hall–Kier alpha value is -1.16. The number of ether oxygens (including phenoxy) is 1. The predicted molar refractivity (Wildman–Crippen MR) is 74.8 cm³/mol. The maximum atomic E-state index is 13.8. The Morgan fingerprint density at radius 3 is 1.95 bits per heavy atom. The van der Waals surface area contributed by atoms with E-state index in [0.717, 1.165) is 0 Å². The topological polar surface area (TPSA) is 12.5 Å². The van der Waals surface area contributed by atoms with Crippen molar-refractivity contribution in [3.8, 4) is 0 Å². The molecule has 0 bridgehead atoms. The van der Waals surface area contributed by atoms with E-state index in [-0.39, 0.29) is 11.5 Å². The monoisotopic (exact) mass is 271 g/mol. The van der Waals surface area contributed by atoms with Crippen LogP contribution in [0.15, 0.2) is 12.1 Å². The van der Waals surface area contributed by atoms with Gasteiger partial charge >= 0.3 is 0 Å². The van der Waals surface area contributed by atoms with Crippen molar-refractivity contribution in [3.63, 3.8) is 0 Å². The minimum absolute atomic E-state index is 0.145. The summed E-state index contributed by atoms with van der Waals surface area (Å²) in [6.07, 6.45) is 0. The molecule has 0 radical (unpaired) electrons. The number of hydrogen-bond donors (Lipinski definition) is 0. The number of halogens is 2. The second-order valence-corrected chi connectivity index (χ2v) is 4.58. The molecule has 0 aliphatic carbocycles. The van der Waals surface area contributed by atoms with Crippen molar-refractivity contribution in [1.82, 2.24) is 0 Å². The third kappa shape index (κ3) is 3.90. The van der Waals surface area contributed by atoms with Crippen LogP contribution in [0, 0.1) is 11.6 Å². The van der Waals surface area contributed by atoms with E-state index in [1.54, 1.807) is 13.8 Å². The van der Waals surface area contributed by atoms with Crippen LogP contribution in [-0.2, 0) is 4.74 Å². The second-order valence-electron chi connectivity index (χ2n) is 4.58. The minimum Gasteiger partial charge on any atom is -0.378 e. The molecule has 0 amide bonds. The minimum atomic E-state index is -0.457. The smallest absolute Gasteiger partial charge is 0.131 e. The van der Waals surface area contributed by atoms with Crippen LogP contribution in [0.2, 0.25) is 0 Å². The zero-order valence-corrected chi connectivity index (χ0v) is 12.2. The lowest BCUT2D eigenvalue weighted by molar-refractivity contribution is 0.122. The van der Waals surface area contributed by atoms with Crippen LogP contribution < -0.4 is 4.90 Å². The summed E-state index contributed by atoms with van der Waals surface area (Å²) in [7, 11) is 0. The molecule has 0 unspecified atom stereocenters. The third-order valence-electron chi connectivity index (χ3n) is 3.02. The van der Waals surface area contributed by atoms with Crippen LogP contribution in [0.25, 0.3) is 0 Å². The normalized spacial score (nSPS) is 15.2. The lowest BCUT2D eigenvalue weighted by atomic mass is 10.0. The molecule has 1 fully saturated rings. The molecule has 2 rings (SSSR count). The highest BCUT2D eigenvalue weighted by Crippen LogP contribution is 2.27. The molecule has 0 aromatic heterocycles. The Morgan fingerprint density at radius 1 is 1.05 bits per heavy atom. The summed E-state index contributed by atoms with van der Waals surface area (Å²) >= 11 is 0. The molecule has 1 aliphatic heterocycles. The van der Waals surface area contributed by atoms with Crippen molar-refractivity contribution in [2.24, 2.45) is 0 Å². The molecule has 19 heavy (non-hydrogen) atoms. The van der Waals surface area contributed by atoms with Crippen LogP contribution in [0.4, 0.5) is 14.5 Å². The van der Waals surface area contributed by atoms with E-state index in [0.29, 0.717) is 32.0 Å². The molecule has 1 heterocycles. The van der Waals surface area contributed by atoms with Gasteiger partial charge in [0.15, 0.2) is 0 Å².